The summed E-state index contributed by atoms with van der Waals surface area (Å²) in [5.41, 5.74) is 62.6. The highest BCUT2D eigenvalue weighted by molar-refractivity contribution is 5.78. The number of ether oxygens (including phenoxy) is 2. The summed E-state index contributed by atoms with van der Waals surface area (Å²) >= 11 is 0. The Morgan fingerprint density at radius 1 is 0.310 bits per heavy atom. The summed E-state index contributed by atoms with van der Waals surface area (Å²) in [6.45, 7) is 5.49. The molecule has 0 spiro atoms. The van der Waals surface area contributed by atoms with Gasteiger partial charge in [0.15, 0.2) is 23.8 Å². The number of nitrogens with zero attached hydrogens (tertiary/aromatic N) is 8. The zero-order valence-corrected chi connectivity index (χ0v) is 65.3. The number of aromatic hydroxyl groups is 2. The van der Waals surface area contributed by atoms with Crippen LogP contribution < -0.4 is 55.3 Å². The van der Waals surface area contributed by atoms with Crippen LogP contribution in [0.3, 0.4) is 0 Å². The van der Waals surface area contributed by atoms with Crippen LogP contribution in [0.5, 0.6) is 23.0 Å². The van der Waals surface area contributed by atoms with Crippen molar-refractivity contribution in [2.24, 2.45) is 65.8 Å². The highest BCUT2D eigenvalue weighted by Crippen LogP contribution is 2.42. The Labute approximate surface area is 699 Å². The van der Waals surface area contributed by atoms with Crippen LogP contribution in [0.25, 0.3) is 22.8 Å². The minimum absolute atomic E-state index is 0.0267. The number of carboxylic acids is 6. The molecule has 8 bridgehead atoms. The molecule has 4 aromatic heterocycles. The number of aryl methyl sites for hydroxylation is 2. The molecule has 0 amide bonds. The van der Waals surface area contributed by atoms with Crippen molar-refractivity contribution in [3.8, 4) is 45.8 Å². The second-order valence-corrected chi connectivity index (χ2v) is 25.9. The number of phenols is 2. The zero-order valence-electron chi connectivity index (χ0n) is 65.3. The second-order valence-electron chi connectivity index (χ2n) is 25.9. The SMILES string of the molecule is Cc1ccc(-c2ccc(COc3c4cc(CCN=C(N)N)cc3Cc3cc(CCN=C(N)N)cc(c3O)Cc3cc(CCN=C(N)N)cc(c3OCc3ccc(-c5ccc(C)cn5)nc3)Cc3cc(CCN=C(N)N)cc(c3O)C4)cn2)nc1.O=C(O)C(F)(F)F.O=C(O)C(F)(F)F.O=C(O)C(F)(F)F.O=C(O)C(F)(F)F.O=C(O)C(F)(F)F.O=C(O)C(F)(F)F. The van der Waals surface area contributed by atoms with Crippen LogP contribution in [0.2, 0.25) is 0 Å². The number of fused-ring (bicyclic) bond motifs is 8. The molecule has 24 N–H and O–H groups in total. The van der Waals surface area contributed by atoms with Gasteiger partial charge in [-0.3, -0.25) is 39.9 Å². The Morgan fingerprint density at radius 2 is 0.492 bits per heavy atom. The van der Waals surface area contributed by atoms with Gasteiger partial charge in [0.25, 0.3) is 0 Å². The highest BCUT2D eigenvalue weighted by atomic mass is 19.4. The fraction of sp³-hybridized carbons (Fsp3) is 0.289. The number of hydrogen-bond acceptors (Lipinski definition) is 18. The number of alkyl halides is 18. The fourth-order valence-electron chi connectivity index (χ4n) is 10.3. The van der Waals surface area contributed by atoms with E-state index >= 15 is 0 Å². The number of hydrogen-bond donors (Lipinski definition) is 16. The van der Waals surface area contributed by atoms with Crippen LogP contribution in [0.15, 0.2) is 142 Å². The molecule has 0 fully saturated rings. The number of nitrogens with two attached hydrogens (primary N) is 8. The van der Waals surface area contributed by atoms with Crippen molar-refractivity contribution in [3.05, 3.63) is 211 Å². The van der Waals surface area contributed by atoms with E-state index in [2.05, 4.69) is 54.2 Å². The van der Waals surface area contributed by atoms with Gasteiger partial charge in [-0.15, -0.1) is 0 Å². The molecule has 4 heterocycles. The number of aliphatic imine (C=N–C) groups is 4. The van der Waals surface area contributed by atoms with Gasteiger partial charge >= 0.3 is 72.9 Å². The summed E-state index contributed by atoms with van der Waals surface area (Å²) in [6, 6.07) is 31.9. The number of rotatable bonds is 20. The van der Waals surface area contributed by atoms with Crippen LogP contribution in [0.4, 0.5) is 79.0 Å². The minimum atomic E-state index is -5.08. The third-order valence-corrected chi connectivity index (χ3v) is 15.8. The van der Waals surface area contributed by atoms with E-state index in [0.717, 1.165) is 89.5 Å². The first-order chi connectivity index (χ1) is 58.2. The lowest BCUT2D eigenvalue weighted by Crippen LogP contribution is -2.23. The van der Waals surface area contributed by atoms with E-state index in [1.807, 2.05) is 99.0 Å². The predicted octanol–water partition coefficient (Wildman–Crippen LogP) is 9.53. The number of pyridine rings is 4. The molecule has 0 saturated carbocycles. The van der Waals surface area contributed by atoms with Crippen LogP contribution in [0, 0.1) is 13.8 Å². The monoisotopic (exact) mass is 1810 g/mol. The van der Waals surface area contributed by atoms with Crippen molar-refractivity contribution >= 4 is 59.7 Å². The van der Waals surface area contributed by atoms with Crippen molar-refractivity contribution < 1.29 is 158 Å². The van der Waals surface area contributed by atoms with Gasteiger partial charge in [-0.2, -0.15) is 79.0 Å². The number of benzene rings is 4. The summed E-state index contributed by atoms with van der Waals surface area (Å²) in [5, 5.41) is 68.4. The smallest absolute Gasteiger partial charge is 0.490 e. The number of aliphatic carboxylic acids is 6. The van der Waals surface area contributed by atoms with Gasteiger partial charge < -0.3 is 96.2 Å². The second kappa shape index (κ2) is 47.1. The van der Waals surface area contributed by atoms with Crippen LogP contribution >= 0.6 is 0 Å². The summed E-state index contributed by atoms with van der Waals surface area (Å²) in [7, 11) is 0. The predicted molar refractivity (Wildman–Crippen MR) is 413 cm³/mol. The molecule has 50 heteroatoms. The van der Waals surface area contributed by atoms with Crippen LogP contribution in [0.1, 0.15) is 89.0 Å². The van der Waals surface area contributed by atoms with Gasteiger partial charge in [0.1, 0.15) is 36.2 Å². The quantitative estimate of drug-likeness (QED) is 0.0192. The average molecular weight is 1810 g/mol. The van der Waals surface area contributed by atoms with Crippen molar-refractivity contribution in [3.63, 3.8) is 0 Å². The van der Waals surface area contributed by atoms with E-state index in [1.54, 1.807) is 12.4 Å². The van der Waals surface area contributed by atoms with E-state index in [9.17, 15) is 89.2 Å². The molecule has 684 valence electrons. The highest BCUT2D eigenvalue weighted by Gasteiger charge is 2.42. The molecule has 0 radical (unpaired) electrons. The summed E-state index contributed by atoms with van der Waals surface area (Å²) < 4.78 is 204. The van der Waals surface area contributed by atoms with Gasteiger partial charge in [-0.05, 0) is 142 Å². The molecule has 32 nitrogen and oxygen atoms in total. The Morgan fingerprint density at radius 3 is 0.651 bits per heavy atom. The molecule has 1 aliphatic carbocycles. The van der Waals surface area contributed by atoms with Crippen molar-refractivity contribution in [1.29, 1.82) is 0 Å². The summed E-state index contributed by atoms with van der Waals surface area (Å²) in [5.74, 6) is -15.3. The molecule has 8 aromatic rings. The Balaban J connectivity index is 0.000000798. The largest absolute Gasteiger partial charge is 0.507 e. The standard InChI is InChI=1S/C64H72N16O4.6C2HF3O2/c1-37-3-7-53(77-31-37)55-9-5-43(33-79-55)35-83-59-49-23-41(13-17-75-63(69)70)24-50(59)28-46-20-40(12-16-74-62(67)68)22-48(58(46)82)30-52-26-42(14-18-76-64(71)72)25-51(29-47-21-39(11-15-73-61(65)66)19-45(27-49)57(47)81)60(52)84-36-44-6-10-56(80-34-44)54-8-4-38(2)32-78-54;6*3-2(4,5)1(6)7/h3-10,19-26,31-34,81-82H,11-18,27-30,35-36H2,1-2H3,(H4,65,66,73)(H4,67,68,74)(H4,69,70,75)(H4,71,72,76);6*(H,6,7). The van der Waals surface area contributed by atoms with E-state index < -0.39 is 72.9 Å². The van der Waals surface area contributed by atoms with Crippen molar-refractivity contribution in [2.75, 3.05) is 26.2 Å². The minimum Gasteiger partial charge on any atom is -0.507 e. The summed E-state index contributed by atoms with van der Waals surface area (Å²) in [4.78, 5) is 89.4. The molecule has 1 aliphatic rings. The van der Waals surface area contributed by atoms with E-state index in [4.69, 9.17) is 125 Å². The molecule has 9 rings (SSSR count). The topological polar surface area (TPSA) is 592 Å². The van der Waals surface area contributed by atoms with Gasteiger partial charge in [-0.1, -0.05) is 72.8 Å². The number of halogens is 18. The number of phenolic OH excluding ortho intramolecular Hbond substituents is 2. The maximum atomic E-state index is 12.8. The number of aromatic nitrogens is 4. The summed E-state index contributed by atoms with van der Waals surface area (Å²) in [6.07, 6.45) is -20.6. The van der Waals surface area contributed by atoms with E-state index in [-0.39, 0.29) is 74.2 Å². The normalized spacial score (nSPS) is 11.6. The molecular weight excluding hydrogens is 1730 g/mol. The lowest BCUT2D eigenvalue weighted by Gasteiger charge is -2.23. The van der Waals surface area contributed by atoms with Crippen LogP contribution in [-0.2, 0) is 93.3 Å². The molecular formula is C76H78F18N16O16. The first-order valence-electron chi connectivity index (χ1n) is 35.2. The van der Waals surface area contributed by atoms with Crippen molar-refractivity contribution in [1.82, 2.24) is 19.9 Å². The van der Waals surface area contributed by atoms with Gasteiger partial charge in [-0.25, -0.2) is 28.8 Å². The third-order valence-electron chi connectivity index (χ3n) is 15.8. The van der Waals surface area contributed by atoms with Gasteiger partial charge in [0.2, 0.25) is 0 Å². The fourth-order valence-corrected chi connectivity index (χ4v) is 10.3. The average Bonchev–Trinajstić information content (AvgIpc) is 0.774. The first kappa shape index (κ1) is 106. The maximum Gasteiger partial charge on any atom is 0.490 e. The number of carbonyl (C=O) groups is 6. The number of carboxylic acid groups (broad SMARTS) is 6. The Bertz CT molecular complexity index is 4630. The molecule has 0 saturated heterocycles. The van der Waals surface area contributed by atoms with Crippen LogP contribution in [-0.4, -0.2) is 184 Å². The molecule has 0 atom stereocenters. The van der Waals surface area contributed by atoms with E-state index in [1.165, 1.54) is 0 Å². The first-order valence-corrected chi connectivity index (χ1v) is 35.2. The molecule has 126 heavy (non-hydrogen) atoms. The Hall–Kier alpha value is -14.7. The lowest BCUT2D eigenvalue weighted by atomic mass is 9.87. The Kier molecular flexibility index (Phi) is 39.4. The van der Waals surface area contributed by atoms with Gasteiger partial charge in [0.05, 0.1) is 22.8 Å². The zero-order chi connectivity index (χ0) is 95.7. The van der Waals surface area contributed by atoms with E-state index in [0.29, 0.717) is 85.6 Å². The molecule has 4 aromatic carbocycles. The van der Waals surface area contributed by atoms with Crippen molar-refractivity contribution in [2.45, 2.75) is 115 Å². The maximum absolute atomic E-state index is 12.8. The third kappa shape index (κ3) is 38.2. The number of guanidine groups is 4. The lowest BCUT2D eigenvalue weighted by molar-refractivity contribution is -0.193. The van der Waals surface area contributed by atoms with Gasteiger partial charge in [0, 0.05) is 87.8 Å². The molecule has 0 aliphatic heterocycles. The molecule has 0 unspecified atom stereocenters.